The average molecular weight is 295 g/mol. The Hall–Kier alpha value is -1.83. The minimum absolute atomic E-state index is 0.434. The van der Waals surface area contributed by atoms with E-state index >= 15 is 0 Å². The SMILES string of the molecule is COCCOc1cc2c(cc1OCCOC)N(N)CC=N2. The highest BCUT2D eigenvalue weighted by atomic mass is 16.5. The summed E-state index contributed by atoms with van der Waals surface area (Å²) in [6, 6.07) is 3.66. The molecule has 21 heavy (non-hydrogen) atoms. The van der Waals surface area contributed by atoms with E-state index in [9.17, 15) is 0 Å². The number of aliphatic imine (C=N–C) groups is 1. The van der Waals surface area contributed by atoms with Crippen LogP contribution >= 0.6 is 0 Å². The number of anilines is 1. The lowest BCUT2D eigenvalue weighted by Crippen LogP contribution is -2.34. The summed E-state index contributed by atoms with van der Waals surface area (Å²) < 4.78 is 21.4. The lowest BCUT2D eigenvalue weighted by molar-refractivity contribution is 0.132. The first-order valence-corrected chi connectivity index (χ1v) is 6.72. The van der Waals surface area contributed by atoms with E-state index in [0.717, 1.165) is 11.4 Å². The van der Waals surface area contributed by atoms with Crippen LogP contribution in [-0.4, -0.2) is 53.4 Å². The fraction of sp³-hybridized carbons (Fsp3) is 0.500. The van der Waals surface area contributed by atoms with Crippen molar-refractivity contribution in [2.75, 3.05) is 52.2 Å². The van der Waals surface area contributed by atoms with Crippen LogP contribution < -0.4 is 20.3 Å². The molecule has 0 bridgehead atoms. The first-order chi connectivity index (χ1) is 10.3. The van der Waals surface area contributed by atoms with Gasteiger partial charge >= 0.3 is 0 Å². The van der Waals surface area contributed by atoms with Crippen LogP contribution in [0.2, 0.25) is 0 Å². The van der Waals surface area contributed by atoms with Crippen LogP contribution in [0, 0.1) is 0 Å². The lowest BCUT2D eigenvalue weighted by Gasteiger charge is -2.24. The van der Waals surface area contributed by atoms with E-state index in [4.69, 9.17) is 24.8 Å². The Morgan fingerprint density at radius 1 is 1.05 bits per heavy atom. The number of methoxy groups -OCH3 is 2. The number of hydrazine groups is 1. The lowest BCUT2D eigenvalue weighted by atomic mass is 10.2. The number of fused-ring (bicyclic) bond motifs is 1. The predicted octanol–water partition coefficient (Wildman–Crippen LogP) is 1.13. The summed E-state index contributed by atoms with van der Waals surface area (Å²) >= 11 is 0. The van der Waals surface area contributed by atoms with E-state index < -0.39 is 0 Å². The summed E-state index contributed by atoms with van der Waals surface area (Å²) in [6.45, 7) is 2.43. The van der Waals surface area contributed by atoms with Gasteiger partial charge in [-0.2, -0.15) is 0 Å². The molecule has 116 valence electrons. The Kier molecular flexibility index (Phi) is 5.79. The molecule has 0 spiro atoms. The van der Waals surface area contributed by atoms with Gasteiger partial charge in [0.05, 0.1) is 31.1 Å². The molecule has 2 N–H and O–H groups in total. The van der Waals surface area contributed by atoms with Gasteiger partial charge in [-0.25, -0.2) is 5.84 Å². The minimum Gasteiger partial charge on any atom is -0.487 e. The quantitative estimate of drug-likeness (QED) is 0.572. The van der Waals surface area contributed by atoms with E-state index in [-0.39, 0.29) is 0 Å². The van der Waals surface area contributed by atoms with E-state index in [1.54, 1.807) is 25.4 Å². The molecule has 2 rings (SSSR count). The molecule has 1 aromatic rings. The van der Waals surface area contributed by atoms with E-state index in [0.29, 0.717) is 44.5 Å². The normalized spacial score (nSPS) is 13.2. The number of benzene rings is 1. The Balaban J connectivity index is 2.20. The smallest absolute Gasteiger partial charge is 0.163 e. The molecule has 1 aliphatic rings. The molecule has 1 aromatic carbocycles. The zero-order valence-corrected chi connectivity index (χ0v) is 12.4. The molecule has 0 radical (unpaired) electrons. The molecule has 0 aliphatic carbocycles. The predicted molar refractivity (Wildman–Crippen MR) is 80.9 cm³/mol. The number of rotatable bonds is 8. The van der Waals surface area contributed by atoms with Crippen molar-refractivity contribution in [2.45, 2.75) is 0 Å². The highest BCUT2D eigenvalue weighted by Gasteiger charge is 2.17. The molecule has 0 fully saturated rings. The Labute approximate surface area is 124 Å². The molecule has 0 saturated carbocycles. The topological polar surface area (TPSA) is 78.5 Å². The van der Waals surface area contributed by atoms with Crippen LogP contribution in [0.3, 0.4) is 0 Å². The van der Waals surface area contributed by atoms with Gasteiger partial charge in [-0.05, 0) is 0 Å². The summed E-state index contributed by atoms with van der Waals surface area (Å²) in [5.74, 6) is 7.18. The third kappa shape index (κ3) is 4.07. The Morgan fingerprint density at radius 2 is 1.67 bits per heavy atom. The minimum atomic E-state index is 0.434. The maximum Gasteiger partial charge on any atom is 0.163 e. The van der Waals surface area contributed by atoms with Gasteiger partial charge in [0, 0.05) is 32.6 Å². The van der Waals surface area contributed by atoms with Crippen molar-refractivity contribution in [2.24, 2.45) is 10.8 Å². The first kappa shape index (κ1) is 15.6. The second-order valence-electron chi connectivity index (χ2n) is 4.43. The zero-order chi connectivity index (χ0) is 15.1. The van der Waals surface area contributed by atoms with Gasteiger partial charge in [-0.1, -0.05) is 0 Å². The Bertz CT molecular complexity index is 493. The molecule has 0 saturated heterocycles. The summed E-state index contributed by atoms with van der Waals surface area (Å²) in [7, 11) is 3.26. The molecule has 7 heteroatoms. The molecule has 0 aromatic heterocycles. The first-order valence-electron chi connectivity index (χ1n) is 6.72. The van der Waals surface area contributed by atoms with Crippen molar-refractivity contribution < 1.29 is 18.9 Å². The molecular formula is C14H21N3O4. The van der Waals surface area contributed by atoms with Gasteiger partial charge in [-0.15, -0.1) is 0 Å². The summed E-state index contributed by atoms with van der Waals surface area (Å²) in [4.78, 5) is 4.33. The van der Waals surface area contributed by atoms with Crippen LogP contribution in [0.25, 0.3) is 0 Å². The number of ether oxygens (including phenoxy) is 4. The maximum atomic E-state index is 5.94. The largest absolute Gasteiger partial charge is 0.487 e. The van der Waals surface area contributed by atoms with Gasteiger partial charge in [-0.3, -0.25) is 4.99 Å². The standard InChI is InChI=1S/C14H21N3O4/c1-18-5-7-20-13-9-11-12(17(15)4-3-16-11)10-14(13)21-8-6-19-2/h3,9-10H,4-8,15H2,1-2H3. The molecule has 1 heterocycles. The van der Waals surface area contributed by atoms with Gasteiger partial charge in [0.25, 0.3) is 0 Å². The zero-order valence-electron chi connectivity index (χ0n) is 12.4. The maximum absolute atomic E-state index is 5.94. The van der Waals surface area contributed by atoms with Crippen LogP contribution in [0.15, 0.2) is 17.1 Å². The van der Waals surface area contributed by atoms with Crippen molar-refractivity contribution in [3.8, 4) is 11.5 Å². The fourth-order valence-corrected chi connectivity index (χ4v) is 1.89. The molecular weight excluding hydrogens is 274 g/mol. The van der Waals surface area contributed by atoms with Gasteiger partial charge in [0.15, 0.2) is 11.5 Å². The van der Waals surface area contributed by atoms with Gasteiger partial charge < -0.3 is 24.0 Å². The average Bonchev–Trinajstić information content (AvgIpc) is 2.49. The summed E-state index contributed by atoms with van der Waals surface area (Å²) in [5.41, 5.74) is 1.57. The van der Waals surface area contributed by atoms with E-state index in [2.05, 4.69) is 4.99 Å². The number of hydrogen-bond acceptors (Lipinski definition) is 7. The van der Waals surface area contributed by atoms with Crippen molar-refractivity contribution in [3.63, 3.8) is 0 Å². The summed E-state index contributed by atoms with van der Waals surface area (Å²) in [6.07, 6.45) is 1.76. The van der Waals surface area contributed by atoms with Crippen molar-refractivity contribution >= 4 is 17.6 Å². The number of hydrogen-bond donors (Lipinski definition) is 1. The van der Waals surface area contributed by atoms with Gasteiger partial charge in [0.1, 0.15) is 13.2 Å². The third-order valence-electron chi connectivity index (χ3n) is 2.95. The van der Waals surface area contributed by atoms with Crippen molar-refractivity contribution in [3.05, 3.63) is 12.1 Å². The van der Waals surface area contributed by atoms with Gasteiger partial charge in [0.2, 0.25) is 0 Å². The highest BCUT2D eigenvalue weighted by Crippen LogP contribution is 2.40. The fourth-order valence-electron chi connectivity index (χ4n) is 1.89. The second-order valence-corrected chi connectivity index (χ2v) is 4.43. The van der Waals surface area contributed by atoms with Crippen LogP contribution in [0.5, 0.6) is 11.5 Å². The molecule has 7 nitrogen and oxygen atoms in total. The van der Waals surface area contributed by atoms with E-state index in [1.807, 2.05) is 12.1 Å². The Morgan fingerprint density at radius 3 is 2.29 bits per heavy atom. The summed E-state index contributed by atoms with van der Waals surface area (Å²) in [5, 5.41) is 1.62. The third-order valence-corrected chi connectivity index (χ3v) is 2.95. The molecule has 0 unspecified atom stereocenters. The van der Waals surface area contributed by atoms with Crippen LogP contribution in [0.1, 0.15) is 0 Å². The monoisotopic (exact) mass is 295 g/mol. The van der Waals surface area contributed by atoms with Crippen LogP contribution in [-0.2, 0) is 9.47 Å². The number of nitrogens with two attached hydrogens (primary N) is 1. The van der Waals surface area contributed by atoms with Crippen molar-refractivity contribution in [1.82, 2.24) is 0 Å². The second kappa shape index (κ2) is 7.82. The van der Waals surface area contributed by atoms with E-state index in [1.165, 1.54) is 0 Å². The number of nitrogens with zero attached hydrogens (tertiary/aromatic N) is 2. The molecule has 0 amide bonds. The van der Waals surface area contributed by atoms with Crippen LogP contribution in [0.4, 0.5) is 11.4 Å². The van der Waals surface area contributed by atoms with Crippen molar-refractivity contribution in [1.29, 1.82) is 0 Å². The molecule has 1 aliphatic heterocycles. The highest BCUT2D eigenvalue weighted by molar-refractivity contribution is 5.83. The molecule has 0 atom stereocenters.